The third kappa shape index (κ3) is 3.89. The summed E-state index contributed by atoms with van der Waals surface area (Å²) in [7, 11) is 0. The van der Waals surface area contributed by atoms with E-state index < -0.39 is 5.82 Å². The molecular formula is C14H20ClFN2O. The van der Waals surface area contributed by atoms with E-state index in [1.54, 1.807) is 6.07 Å². The molecule has 1 saturated carbocycles. The van der Waals surface area contributed by atoms with Gasteiger partial charge in [0.15, 0.2) is 0 Å². The number of nitrogens with two attached hydrogens (primary N) is 1. The van der Waals surface area contributed by atoms with Crippen LogP contribution in [0, 0.1) is 11.7 Å². The van der Waals surface area contributed by atoms with Gasteiger partial charge in [-0.15, -0.1) is 0 Å². The predicted molar refractivity (Wildman–Crippen MR) is 74.4 cm³/mol. The van der Waals surface area contributed by atoms with Crippen molar-refractivity contribution < 1.29 is 9.13 Å². The molecule has 0 spiro atoms. The minimum absolute atomic E-state index is 0.00646. The van der Waals surface area contributed by atoms with Crippen molar-refractivity contribution in [2.75, 3.05) is 6.61 Å². The van der Waals surface area contributed by atoms with Gasteiger partial charge in [0, 0.05) is 6.61 Å². The minimum atomic E-state index is -0.394. The molecule has 106 valence electrons. The zero-order chi connectivity index (χ0) is 13.8. The van der Waals surface area contributed by atoms with Gasteiger partial charge in [-0.3, -0.25) is 11.3 Å². The van der Waals surface area contributed by atoms with E-state index in [9.17, 15) is 4.39 Å². The summed E-state index contributed by atoms with van der Waals surface area (Å²) in [6, 6.07) is 4.86. The fourth-order valence-corrected chi connectivity index (χ4v) is 2.51. The second-order valence-electron chi connectivity index (χ2n) is 4.98. The summed E-state index contributed by atoms with van der Waals surface area (Å²) < 4.78 is 19.2. The summed E-state index contributed by atoms with van der Waals surface area (Å²) in [6.07, 6.45) is 3.08. The van der Waals surface area contributed by atoms with Gasteiger partial charge in [0.25, 0.3) is 0 Å². The molecule has 0 bridgehead atoms. The maximum absolute atomic E-state index is 13.4. The number of benzene rings is 1. The molecule has 0 aromatic heterocycles. The van der Waals surface area contributed by atoms with Crippen molar-refractivity contribution in [1.82, 2.24) is 5.43 Å². The number of hydrazine groups is 1. The lowest BCUT2D eigenvalue weighted by Crippen LogP contribution is -2.47. The Labute approximate surface area is 118 Å². The molecule has 0 aliphatic heterocycles. The number of hydrogen-bond donors (Lipinski definition) is 2. The van der Waals surface area contributed by atoms with E-state index in [0.29, 0.717) is 18.9 Å². The molecule has 3 N–H and O–H groups in total. The van der Waals surface area contributed by atoms with Crippen molar-refractivity contribution in [1.29, 1.82) is 0 Å². The summed E-state index contributed by atoms with van der Waals surface area (Å²) in [5.41, 5.74) is 3.68. The summed E-state index contributed by atoms with van der Waals surface area (Å²) in [5, 5.41) is 0.143. The smallest absolute Gasteiger partial charge is 0.142 e. The molecule has 1 aliphatic rings. The van der Waals surface area contributed by atoms with Crippen LogP contribution in [0.1, 0.15) is 25.3 Å². The average Bonchev–Trinajstić information content (AvgIpc) is 3.22. The van der Waals surface area contributed by atoms with Crippen LogP contribution in [0.15, 0.2) is 18.2 Å². The normalized spacial score (nSPS) is 18.3. The lowest BCUT2D eigenvalue weighted by atomic mass is 9.98. The highest BCUT2D eigenvalue weighted by atomic mass is 35.5. The molecule has 0 radical (unpaired) electrons. The fraction of sp³-hybridized carbons (Fsp3) is 0.571. The van der Waals surface area contributed by atoms with E-state index in [4.69, 9.17) is 22.2 Å². The monoisotopic (exact) mass is 286 g/mol. The van der Waals surface area contributed by atoms with Gasteiger partial charge in [0.05, 0.1) is 17.2 Å². The molecule has 2 rings (SSSR count). The van der Waals surface area contributed by atoms with Crippen LogP contribution >= 0.6 is 11.6 Å². The maximum Gasteiger partial charge on any atom is 0.142 e. The van der Waals surface area contributed by atoms with Crippen LogP contribution in [0.2, 0.25) is 5.02 Å². The second kappa shape index (κ2) is 6.66. The highest BCUT2D eigenvalue weighted by Gasteiger charge is 2.36. The first kappa shape index (κ1) is 14.7. The van der Waals surface area contributed by atoms with Gasteiger partial charge in [-0.1, -0.05) is 17.7 Å². The molecule has 19 heavy (non-hydrogen) atoms. The molecule has 0 saturated heterocycles. The quantitative estimate of drug-likeness (QED) is 0.598. The van der Waals surface area contributed by atoms with Crippen LogP contribution in [-0.2, 0) is 11.2 Å². The van der Waals surface area contributed by atoms with Crippen molar-refractivity contribution in [3.05, 3.63) is 34.6 Å². The molecule has 5 heteroatoms. The SMILES string of the molecule is CCOC(C1CC1)C(Cc1ccc(Cl)c(F)c1)NN. The number of halogens is 2. The topological polar surface area (TPSA) is 47.3 Å². The predicted octanol–water partition coefficient (Wildman–Crippen LogP) is 2.67. The molecule has 0 amide bonds. The molecule has 2 atom stereocenters. The van der Waals surface area contributed by atoms with E-state index in [0.717, 1.165) is 5.56 Å². The second-order valence-corrected chi connectivity index (χ2v) is 5.39. The van der Waals surface area contributed by atoms with E-state index in [1.165, 1.54) is 18.9 Å². The minimum Gasteiger partial charge on any atom is -0.377 e. The lowest BCUT2D eigenvalue weighted by Gasteiger charge is -2.26. The molecule has 3 nitrogen and oxygen atoms in total. The molecule has 1 fully saturated rings. The Morgan fingerprint density at radius 1 is 1.53 bits per heavy atom. The Bertz CT molecular complexity index is 426. The van der Waals surface area contributed by atoms with E-state index in [2.05, 4.69) is 5.43 Å². The van der Waals surface area contributed by atoms with Crippen molar-refractivity contribution in [2.45, 2.75) is 38.3 Å². The van der Waals surface area contributed by atoms with Crippen molar-refractivity contribution in [3.63, 3.8) is 0 Å². The van der Waals surface area contributed by atoms with Gasteiger partial charge < -0.3 is 4.74 Å². The first-order chi connectivity index (χ1) is 9.15. The zero-order valence-electron chi connectivity index (χ0n) is 11.0. The highest BCUT2D eigenvalue weighted by molar-refractivity contribution is 6.30. The van der Waals surface area contributed by atoms with E-state index >= 15 is 0 Å². The number of ether oxygens (including phenoxy) is 1. The van der Waals surface area contributed by atoms with Crippen molar-refractivity contribution in [3.8, 4) is 0 Å². The molecule has 1 aliphatic carbocycles. The number of hydrogen-bond acceptors (Lipinski definition) is 3. The third-order valence-corrected chi connectivity index (χ3v) is 3.80. The fourth-order valence-electron chi connectivity index (χ4n) is 2.39. The first-order valence-electron chi connectivity index (χ1n) is 6.67. The van der Waals surface area contributed by atoms with Crippen molar-refractivity contribution >= 4 is 11.6 Å². The number of rotatable bonds is 7. The molecule has 2 unspecified atom stereocenters. The Morgan fingerprint density at radius 3 is 2.79 bits per heavy atom. The van der Waals surface area contributed by atoms with Crippen LogP contribution in [0.3, 0.4) is 0 Å². The highest BCUT2D eigenvalue weighted by Crippen LogP contribution is 2.36. The Hall–Kier alpha value is -0.680. The lowest BCUT2D eigenvalue weighted by molar-refractivity contribution is 0.0192. The summed E-state index contributed by atoms with van der Waals surface area (Å²) in [6.45, 7) is 2.64. The van der Waals surface area contributed by atoms with Crippen LogP contribution in [-0.4, -0.2) is 18.8 Å². The summed E-state index contributed by atoms with van der Waals surface area (Å²) >= 11 is 5.68. The van der Waals surface area contributed by atoms with Crippen LogP contribution in [0.5, 0.6) is 0 Å². The molecule has 1 aromatic carbocycles. The first-order valence-corrected chi connectivity index (χ1v) is 7.05. The number of nitrogens with one attached hydrogen (secondary N) is 1. The summed E-state index contributed by atoms with van der Waals surface area (Å²) in [4.78, 5) is 0. The third-order valence-electron chi connectivity index (χ3n) is 3.50. The average molecular weight is 287 g/mol. The summed E-state index contributed by atoms with van der Waals surface area (Å²) in [5.74, 6) is 5.81. The van der Waals surface area contributed by atoms with Gasteiger partial charge in [-0.25, -0.2) is 4.39 Å². The molecule has 1 aromatic rings. The van der Waals surface area contributed by atoms with Crippen molar-refractivity contribution in [2.24, 2.45) is 11.8 Å². The zero-order valence-corrected chi connectivity index (χ0v) is 11.8. The van der Waals surface area contributed by atoms with Crippen LogP contribution in [0.4, 0.5) is 4.39 Å². The Morgan fingerprint density at radius 2 is 2.26 bits per heavy atom. The maximum atomic E-state index is 13.4. The molecule has 0 heterocycles. The van der Waals surface area contributed by atoms with Gasteiger partial charge in [0.2, 0.25) is 0 Å². The van der Waals surface area contributed by atoms with Crippen LogP contribution < -0.4 is 11.3 Å². The van der Waals surface area contributed by atoms with E-state index in [1.807, 2.05) is 13.0 Å². The van der Waals surface area contributed by atoms with Gasteiger partial charge in [-0.2, -0.15) is 0 Å². The largest absolute Gasteiger partial charge is 0.377 e. The molecular weight excluding hydrogens is 267 g/mol. The van der Waals surface area contributed by atoms with E-state index in [-0.39, 0.29) is 17.2 Å². The Balaban J connectivity index is 2.06. The van der Waals surface area contributed by atoms with Crippen LogP contribution in [0.25, 0.3) is 0 Å². The van der Waals surface area contributed by atoms with Gasteiger partial charge >= 0.3 is 0 Å². The Kier molecular flexibility index (Phi) is 5.16. The van der Waals surface area contributed by atoms with Gasteiger partial charge in [-0.05, 0) is 49.8 Å². The standard InChI is InChI=1S/C14H20ClFN2O/c1-2-19-14(10-4-5-10)13(18-17)8-9-3-6-11(15)12(16)7-9/h3,6-7,10,13-14,18H,2,4-5,8,17H2,1H3. The van der Waals surface area contributed by atoms with Gasteiger partial charge in [0.1, 0.15) is 5.82 Å².